The summed E-state index contributed by atoms with van der Waals surface area (Å²) in [6.45, 7) is 3.89. The van der Waals surface area contributed by atoms with Crippen molar-refractivity contribution in [1.29, 1.82) is 0 Å². The van der Waals surface area contributed by atoms with Crippen LogP contribution in [0.25, 0.3) is 0 Å². The lowest BCUT2D eigenvalue weighted by atomic mass is 10.2. The highest BCUT2D eigenvalue weighted by Gasteiger charge is 2.38. The molecule has 1 amide bonds. The predicted octanol–water partition coefficient (Wildman–Crippen LogP) is 2.09. The lowest BCUT2D eigenvalue weighted by Crippen LogP contribution is -2.99. The molecule has 0 saturated heterocycles. The molecular weight excluding hydrogens is 323 g/mol. The van der Waals surface area contributed by atoms with Crippen molar-refractivity contribution >= 4 is 40.7 Å². The van der Waals surface area contributed by atoms with Gasteiger partial charge in [-0.3, -0.25) is 10.1 Å². The van der Waals surface area contributed by atoms with Crippen LogP contribution in [0.5, 0.6) is 5.75 Å². The van der Waals surface area contributed by atoms with Crippen LogP contribution in [0.3, 0.4) is 0 Å². The molecule has 1 aromatic rings. The Labute approximate surface area is 133 Å². The van der Waals surface area contributed by atoms with Gasteiger partial charge in [-0.05, 0) is 38.1 Å². The first-order valence-corrected chi connectivity index (χ1v) is 7.24. The minimum Gasteiger partial charge on any atom is -0.497 e. The third kappa shape index (κ3) is 5.37. The number of rotatable bonds is 5. The summed E-state index contributed by atoms with van der Waals surface area (Å²) in [4.78, 5) is 12.1. The van der Waals surface area contributed by atoms with Gasteiger partial charge in [0.05, 0.1) is 13.2 Å². The van der Waals surface area contributed by atoms with Gasteiger partial charge in [-0.2, -0.15) is 0 Å². The molecule has 0 aliphatic rings. The van der Waals surface area contributed by atoms with Crippen molar-refractivity contribution in [3.05, 3.63) is 29.8 Å². The first-order chi connectivity index (χ1) is 9.24. The van der Waals surface area contributed by atoms with Gasteiger partial charge in [0.25, 0.3) is 9.70 Å². The number of carbonyl (C=O) groups excluding carboxylic acids is 1. The minimum atomic E-state index is -1.59. The molecule has 0 radical (unpaired) electrons. The highest BCUT2D eigenvalue weighted by Crippen LogP contribution is 2.27. The molecule has 0 aliphatic carbocycles. The van der Waals surface area contributed by atoms with Crippen LogP contribution in [0.2, 0.25) is 0 Å². The summed E-state index contributed by atoms with van der Waals surface area (Å²) in [5, 5.41) is 4.50. The molecule has 112 valence electrons. The van der Waals surface area contributed by atoms with E-state index in [0.29, 0.717) is 11.3 Å². The molecule has 0 bridgehead atoms. The first kappa shape index (κ1) is 17.4. The molecule has 1 aromatic carbocycles. The van der Waals surface area contributed by atoms with Crippen LogP contribution < -0.4 is 15.4 Å². The zero-order valence-corrected chi connectivity index (χ0v) is 13.8. The normalized spacial score (nSPS) is 13.2. The van der Waals surface area contributed by atoms with Crippen molar-refractivity contribution in [1.82, 2.24) is 5.32 Å². The number of methoxy groups -OCH3 is 1. The third-order valence-corrected chi connectivity index (χ3v) is 3.27. The fraction of sp³-hybridized carbons (Fsp3) is 0.462. The molecule has 0 saturated carbocycles. The van der Waals surface area contributed by atoms with Crippen molar-refractivity contribution in [2.45, 2.75) is 29.8 Å². The monoisotopic (exact) mass is 339 g/mol. The molecule has 0 fully saturated rings. The summed E-state index contributed by atoms with van der Waals surface area (Å²) in [7, 11) is 1.56. The van der Waals surface area contributed by atoms with Gasteiger partial charge in [0.1, 0.15) is 5.75 Å². The number of hydrogen-bond acceptors (Lipinski definition) is 2. The molecule has 20 heavy (non-hydrogen) atoms. The molecule has 0 aromatic heterocycles. The summed E-state index contributed by atoms with van der Waals surface area (Å²) in [5.74, 6) is 0.370. The molecule has 0 spiro atoms. The Morgan fingerprint density at radius 3 is 2.20 bits per heavy atom. The summed E-state index contributed by atoms with van der Waals surface area (Å²) in [6.07, 6.45) is -0.665. The van der Waals surface area contributed by atoms with Crippen LogP contribution in [0.4, 0.5) is 0 Å². The number of hydrogen-bond donors (Lipinski definition) is 2. The third-order valence-electron chi connectivity index (χ3n) is 2.57. The van der Waals surface area contributed by atoms with Crippen molar-refractivity contribution in [2.75, 3.05) is 7.11 Å². The maximum Gasteiger partial charge on any atom is 0.262 e. The smallest absolute Gasteiger partial charge is 0.262 e. The van der Waals surface area contributed by atoms with Crippen molar-refractivity contribution < 1.29 is 14.8 Å². The Morgan fingerprint density at radius 1 is 1.25 bits per heavy atom. The number of alkyl halides is 3. The fourth-order valence-corrected chi connectivity index (χ4v) is 1.97. The molecule has 7 heteroatoms. The second-order valence-corrected chi connectivity index (χ2v) is 7.03. The number of halogens is 3. The number of amides is 1. The van der Waals surface area contributed by atoms with E-state index in [0.717, 1.165) is 0 Å². The number of nitrogens with two attached hydrogens (primary N) is 1. The highest BCUT2D eigenvalue weighted by molar-refractivity contribution is 6.68. The quantitative estimate of drug-likeness (QED) is 0.637. The second-order valence-electron chi connectivity index (χ2n) is 4.66. The van der Waals surface area contributed by atoms with Crippen LogP contribution in [-0.4, -0.2) is 29.0 Å². The van der Waals surface area contributed by atoms with Crippen LogP contribution in [-0.2, 0) is 0 Å². The molecule has 4 nitrogen and oxygen atoms in total. The summed E-state index contributed by atoms with van der Waals surface area (Å²) >= 11 is 17.7. The fourth-order valence-electron chi connectivity index (χ4n) is 1.59. The van der Waals surface area contributed by atoms with E-state index >= 15 is 0 Å². The molecule has 3 N–H and O–H groups in total. The number of nitrogens with one attached hydrogen (secondary N) is 1. The Balaban J connectivity index is 2.79. The topological polar surface area (TPSA) is 54.9 Å². The van der Waals surface area contributed by atoms with Crippen molar-refractivity contribution in [3.63, 3.8) is 0 Å². The average Bonchev–Trinajstić information content (AvgIpc) is 2.36. The highest BCUT2D eigenvalue weighted by atomic mass is 35.6. The van der Waals surface area contributed by atoms with Gasteiger partial charge in [-0.15, -0.1) is 0 Å². The minimum absolute atomic E-state index is 0.173. The van der Waals surface area contributed by atoms with Crippen molar-refractivity contribution in [2.24, 2.45) is 0 Å². The number of ether oxygens (including phenoxy) is 1. The van der Waals surface area contributed by atoms with Crippen LogP contribution >= 0.6 is 34.8 Å². The van der Waals surface area contributed by atoms with Gasteiger partial charge in [0.2, 0.25) is 6.17 Å². The average molecular weight is 341 g/mol. The van der Waals surface area contributed by atoms with Crippen LogP contribution in [0.15, 0.2) is 24.3 Å². The SMILES string of the molecule is COc1ccc(C(=O)N[C@@H]([NH2+]C(C)C)C(Cl)(Cl)Cl)cc1. The van der Waals surface area contributed by atoms with Gasteiger partial charge >= 0.3 is 0 Å². The van der Waals surface area contributed by atoms with E-state index in [1.165, 1.54) is 0 Å². The van der Waals surface area contributed by atoms with E-state index in [9.17, 15) is 4.79 Å². The molecular formula is C13H18Cl3N2O2+. The summed E-state index contributed by atoms with van der Waals surface area (Å²) in [5.41, 5.74) is 0.474. The van der Waals surface area contributed by atoms with E-state index in [1.54, 1.807) is 36.7 Å². The van der Waals surface area contributed by atoms with Gasteiger partial charge in [-0.1, -0.05) is 34.8 Å². The standard InChI is InChI=1S/C13H17Cl3N2O2/c1-8(2)17-12(13(14,15)16)18-11(19)9-4-6-10(20-3)7-5-9/h4-8,12,17H,1-3H3,(H,18,19)/p+1/t12-/m1/s1. The van der Waals surface area contributed by atoms with Crippen molar-refractivity contribution in [3.8, 4) is 5.75 Å². The van der Waals surface area contributed by atoms with E-state index in [4.69, 9.17) is 39.5 Å². The summed E-state index contributed by atoms with van der Waals surface area (Å²) < 4.78 is 3.44. The molecule has 0 aliphatic heterocycles. The lowest BCUT2D eigenvalue weighted by Gasteiger charge is -2.25. The van der Waals surface area contributed by atoms with E-state index in [1.807, 2.05) is 13.8 Å². The van der Waals surface area contributed by atoms with Crippen LogP contribution in [0, 0.1) is 0 Å². The van der Waals surface area contributed by atoms with E-state index in [-0.39, 0.29) is 11.9 Å². The van der Waals surface area contributed by atoms with Gasteiger partial charge in [-0.25, -0.2) is 0 Å². The van der Waals surface area contributed by atoms with Gasteiger partial charge in [0.15, 0.2) is 0 Å². The Bertz CT molecular complexity index is 444. The molecule has 0 unspecified atom stereocenters. The summed E-state index contributed by atoms with van der Waals surface area (Å²) in [6, 6.07) is 6.88. The Kier molecular flexibility index (Phi) is 6.40. The largest absolute Gasteiger partial charge is 0.497 e. The maximum atomic E-state index is 12.1. The van der Waals surface area contributed by atoms with Crippen LogP contribution in [0.1, 0.15) is 24.2 Å². The van der Waals surface area contributed by atoms with Gasteiger partial charge < -0.3 is 10.1 Å². The maximum absolute atomic E-state index is 12.1. The Hall–Kier alpha value is -0.680. The predicted molar refractivity (Wildman–Crippen MR) is 81.6 cm³/mol. The molecule has 1 atom stereocenters. The molecule has 1 rings (SSSR count). The first-order valence-electron chi connectivity index (χ1n) is 6.10. The number of quaternary nitrogens is 1. The van der Waals surface area contributed by atoms with E-state index in [2.05, 4.69) is 5.32 Å². The Morgan fingerprint density at radius 2 is 1.80 bits per heavy atom. The number of carbonyl (C=O) groups is 1. The second kappa shape index (κ2) is 7.36. The van der Waals surface area contributed by atoms with E-state index < -0.39 is 9.96 Å². The number of benzene rings is 1. The molecule has 0 heterocycles. The lowest BCUT2D eigenvalue weighted by molar-refractivity contribution is -0.717. The zero-order valence-electron chi connectivity index (χ0n) is 11.5. The zero-order chi connectivity index (χ0) is 15.3. The van der Waals surface area contributed by atoms with Gasteiger partial charge in [0, 0.05) is 5.56 Å².